The number of carbonyl (C=O) groups is 1. The van der Waals surface area contributed by atoms with Gasteiger partial charge in [0.1, 0.15) is 6.10 Å². The smallest absolute Gasteiger partial charge is 0.226 e. The first-order valence-corrected chi connectivity index (χ1v) is 10.5. The molecule has 1 unspecified atom stereocenters. The minimum atomic E-state index is -0.0408. The topological polar surface area (TPSA) is 83.8 Å². The molecular formula is C22H33IN6O2. The molecule has 1 atom stereocenters. The van der Waals surface area contributed by atoms with Gasteiger partial charge in [-0.3, -0.25) is 9.48 Å². The maximum absolute atomic E-state index is 11.8. The number of hydrogen-bond donors (Lipinski definition) is 2. The molecule has 2 heterocycles. The van der Waals surface area contributed by atoms with Crippen molar-refractivity contribution in [1.82, 2.24) is 20.0 Å². The van der Waals surface area contributed by atoms with Crippen LogP contribution in [0.1, 0.15) is 38.0 Å². The standard InChI is InChI=1S/C22H32N6O2.HI/c1-5-23-22(28-10-11-30-20(15-28)18-13-25-27(4)14-18)24-12-17-6-8-19(9-7-17)26-21(29)16(2)3;/h6-9,13-14,16,20H,5,10-12,15H2,1-4H3,(H,23,24)(H,26,29);1H. The molecule has 1 saturated heterocycles. The van der Waals surface area contributed by atoms with Crippen molar-refractivity contribution >= 4 is 41.5 Å². The number of aromatic nitrogens is 2. The van der Waals surface area contributed by atoms with Crippen LogP contribution in [-0.2, 0) is 23.1 Å². The number of rotatable bonds is 6. The predicted molar refractivity (Wildman–Crippen MR) is 134 cm³/mol. The van der Waals surface area contributed by atoms with E-state index in [0.717, 1.165) is 42.4 Å². The van der Waals surface area contributed by atoms with Gasteiger partial charge in [0, 0.05) is 43.5 Å². The van der Waals surface area contributed by atoms with Gasteiger partial charge in [0.15, 0.2) is 5.96 Å². The molecule has 8 nitrogen and oxygen atoms in total. The van der Waals surface area contributed by atoms with Gasteiger partial charge in [-0.1, -0.05) is 26.0 Å². The minimum absolute atomic E-state index is 0. The highest BCUT2D eigenvalue weighted by Crippen LogP contribution is 2.22. The van der Waals surface area contributed by atoms with Crippen LogP contribution in [0.5, 0.6) is 0 Å². The fourth-order valence-corrected chi connectivity index (χ4v) is 3.22. The molecule has 0 aliphatic carbocycles. The lowest BCUT2D eigenvalue weighted by molar-refractivity contribution is -0.118. The van der Waals surface area contributed by atoms with E-state index in [-0.39, 0.29) is 41.9 Å². The van der Waals surface area contributed by atoms with Gasteiger partial charge in [0.05, 0.1) is 25.9 Å². The van der Waals surface area contributed by atoms with Crippen molar-refractivity contribution in [3.05, 3.63) is 47.8 Å². The lowest BCUT2D eigenvalue weighted by atomic mass is 10.1. The van der Waals surface area contributed by atoms with Gasteiger partial charge in [-0.25, -0.2) is 4.99 Å². The zero-order valence-corrected chi connectivity index (χ0v) is 21.0. The minimum Gasteiger partial charge on any atom is -0.370 e. The lowest BCUT2D eigenvalue weighted by Crippen LogP contribution is -2.48. The molecule has 1 fully saturated rings. The molecule has 0 bridgehead atoms. The molecular weight excluding hydrogens is 507 g/mol. The molecule has 9 heteroatoms. The quantitative estimate of drug-likeness (QED) is 0.334. The van der Waals surface area contributed by atoms with E-state index in [9.17, 15) is 4.79 Å². The average Bonchev–Trinajstić information content (AvgIpc) is 3.18. The summed E-state index contributed by atoms with van der Waals surface area (Å²) in [5, 5.41) is 10.6. The Hall–Kier alpha value is -2.14. The Morgan fingerprint density at radius 3 is 2.68 bits per heavy atom. The summed E-state index contributed by atoms with van der Waals surface area (Å²) in [5.41, 5.74) is 2.97. The SMILES string of the molecule is CCNC(=NCc1ccc(NC(=O)C(C)C)cc1)N1CCOC(c2cnn(C)c2)C1.I. The molecule has 170 valence electrons. The van der Waals surface area contributed by atoms with Gasteiger partial charge in [-0.2, -0.15) is 5.10 Å². The number of nitrogens with zero attached hydrogens (tertiary/aromatic N) is 4. The number of halogens is 1. The van der Waals surface area contributed by atoms with Crippen LogP contribution in [0.2, 0.25) is 0 Å². The second-order valence-corrected chi connectivity index (χ2v) is 7.76. The number of ether oxygens (including phenoxy) is 1. The van der Waals surface area contributed by atoms with E-state index in [0.29, 0.717) is 13.2 Å². The van der Waals surface area contributed by atoms with E-state index >= 15 is 0 Å². The average molecular weight is 540 g/mol. The number of carbonyl (C=O) groups excluding carboxylic acids is 1. The molecule has 1 amide bonds. The van der Waals surface area contributed by atoms with Gasteiger partial charge < -0.3 is 20.3 Å². The van der Waals surface area contributed by atoms with Crippen LogP contribution in [0.3, 0.4) is 0 Å². The highest BCUT2D eigenvalue weighted by Gasteiger charge is 2.25. The Morgan fingerprint density at radius 1 is 1.32 bits per heavy atom. The maximum Gasteiger partial charge on any atom is 0.226 e. The van der Waals surface area contributed by atoms with E-state index in [1.165, 1.54) is 0 Å². The van der Waals surface area contributed by atoms with E-state index in [1.54, 1.807) is 4.68 Å². The highest BCUT2D eigenvalue weighted by molar-refractivity contribution is 14.0. The summed E-state index contributed by atoms with van der Waals surface area (Å²) >= 11 is 0. The number of aliphatic imine (C=N–C) groups is 1. The molecule has 1 aromatic carbocycles. The van der Waals surface area contributed by atoms with E-state index in [2.05, 4.69) is 27.6 Å². The molecule has 0 saturated carbocycles. The number of hydrogen-bond acceptors (Lipinski definition) is 4. The Kier molecular flexibility index (Phi) is 9.76. The molecule has 0 radical (unpaired) electrons. The van der Waals surface area contributed by atoms with Crippen molar-refractivity contribution in [3.8, 4) is 0 Å². The first kappa shape index (κ1) is 25.1. The fraction of sp³-hybridized carbons (Fsp3) is 0.500. The molecule has 0 spiro atoms. The normalized spacial score (nSPS) is 16.7. The Morgan fingerprint density at radius 2 is 2.06 bits per heavy atom. The van der Waals surface area contributed by atoms with Crippen LogP contribution in [0.25, 0.3) is 0 Å². The molecule has 1 aliphatic rings. The molecule has 31 heavy (non-hydrogen) atoms. The van der Waals surface area contributed by atoms with Crippen molar-refractivity contribution in [2.45, 2.75) is 33.4 Å². The second-order valence-electron chi connectivity index (χ2n) is 7.76. The summed E-state index contributed by atoms with van der Waals surface area (Å²) in [7, 11) is 1.91. The molecule has 1 aliphatic heterocycles. The number of benzene rings is 1. The fourth-order valence-electron chi connectivity index (χ4n) is 3.22. The molecule has 3 rings (SSSR count). The third-order valence-corrected chi connectivity index (χ3v) is 4.95. The van der Waals surface area contributed by atoms with Crippen LogP contribution >= 0.6 is 24.0 Å². The van der Waals surface area contributed by atoms with Crippen molar-refractivity contribution in [2.75, 3.05) is 31.6 Å². The van der Waals surface area contributed by atoms with Crippen molar-refractivity contribution in [3.63, 3.8) is 0 Å². The van der Waals surface area contributed by atoms with E-state index in [1.807, 2.05) is 57.6 Å². The summed E-state index contributed by atoms with van der Waals surface area (Å²) in [5.74, 6) is 0.860. The zero-order chi connectivity index (χ0) is 21.5. The molecule has 2 N–H and O–H groups in total. The monoisotopic (exact) mass is 540 g/mol. The number of anilines is 1. The van der Waals surface area contributed by atoms with Gasteiger partial charge in [0.2, 0.25) is 5.91 Å². The second kappa shape index (κ2) is 12.0. The number of amides is 1. The first-order valence-electron chi connectivity index (χ1n) is 10.5. The Labute approximate surface area is 201 Å². The molecule has 2 aromatic rings. The van der Waals surface area contributed by atoms with Crippen LogP contribution in [-0.4, -0.2) is 52.8 Å². The largest absolute Gasteiger partial charge is 0.370 e. The lowest BCUT2D eigenvalue weighted by Gasteiger charge is -2.34. The van der Waals surface area contributed by atoms with Gasteiger partial charge >= 0.3 is 0 Å². The maximum atomic E-state index is 11.8. The van der Waals surface area contributed by atoms with Crippen LogP contribution in [0.15, 0.2) is 41.7 Å². The van der Waals surface area contributed by atoms with Gasteiger partial charge in [-0.15, -0.1) is 24.0 Å². The summed E-state index contributed by atoms with van der Waals surface area (Å²) < 4.78 is 7.74. The van der Waals surface area contributed by atoms with Crippen LogP contribution in [0, 0.1) is 5.92 Å². The first-order chi connectivity index (χ1) is 14.5. The van der Waals surface area contributed by atoms with E-state index in [4.69, 9.17) is 9.73 Å². The Bertz CT molecular complexity index is 865. The summed E-state index contributed by atoms with van der Waals surface area (Å²) in [6, 6.07) is 7.85. The highest BCUT2D eigenvalue weighted by atomic mass is 127. The van der Waals surface area contributed by atoms with Crippen molar-refractivity contribution in [1.29, 1.82) is 0 Å². The molecule has 1 aromatic heterocycles. The number of guanidine groups is 1. The van der Waals surface area contributed by atoms with E-state index < -0.39 is 0 Å². The number of nitrogens with one attached hydrogen (secondary N) is 2. The summed E-state index contributed by atoms with van der Waals surface area (Å²) in [4.78, 5) is 18.9. The number of aryl methyl sites for hydroxylation is 1. The third kappa shape index (κ3) is 7.20. The van der Waals surface area contributed by atoms with Crippen molar-refractivity contribution in [2.24, 2.45) is 18.0 Å². The third-order valence-electron chi connectivity index (χ3n) is 4.95. The van der Waals surface area contributed by atoms with Gasteiger partial charge in [-0.05, 0) is 24.6 Å². The number of morpholine rings is 1. The van der Waals surface area contributed by atoms with Crippen LogP contribution in [0.4, 0.5) is 5.69 Å². The summed E-state index contributed by atoms with van der Waals surface area (Å²) in [6.45, 7) is 9.37. The predicted octanol–water partition coefficient (Wildman–Crippen LogP) is 3.17. The summed E-state index contributed by atoms with van der Waals surface area (Å²) in [6.07, 6.45) is 3.84. The van der Waals surface area contributed by atoms with Crippen LogP contribution < -0.4 is 10.6 Å². The van der Waals surface area contributed by atoms with Gasteiger partial charge in [0.25, 0.3) is 0 Å². The zero-order valence-electron chi connectivity index (χ0n) is 18.7. The van der Waals surface area contributed by atoms with Crippen molar-refractivity contribution < 1.29 is 9.53 Å². The Balaban J connectivity index is 0.00000341.